The van der Waals surface area contributed by atoms with Crippen molar-refractivity contribution in [3.8, 4) is 5.75 Å². The molecule has 0 spiro atoms. The number of aliphatic hydroxyl groups is 1. The molecule has 27 heavy (non-hydrogen) atoms. The SMILES string of the molecule is OC(CCCc1cccnc1)COc1ccc(C=Cc2ccccc2)cc1. The van der Waals surface area contributed by atoms with Gasteiger partial charge in [-0.05, 0) is 54.2 Å². The largest absolute Gasteiger partial charge is 0.491 e. The van der Waals surface area contributed by atoms with E-state index in [9.17, 15) is 5.11 Å². The second kappa shape index (κ2) is 10.3. The Bertz CT molecular complexity index is 814. The molecule has 3 nitrogen and oxygen atoms in total. The van der Waals surface area contributed by atoms with Crippen LogP contribution < -0.4 is 4.74 Å². The van der Waals surface area contributed by atoms with E-state index >= 15 is 0 Å². The van der Waals surface area contributed by atoms with Crippen LogP contribution in [0.4, 0.5) is 0 Å². The second-order valence-electron chi connectivity index (χ2n) is 6.53. The van der Waals surface area contributed by atoms with Crippen LogP contribution in [0.15, 0.2) is 79.1 Å². The highest BCUT2D eigenvalue weighted by Gasteiger charge is 2.05. The van der Waals surface area contributed by atoms with Crippen molar-refractivity contribution in [2.45, 2.75) is 25.4 Å². The van der Waals surface area contributed by atoms with Crippen molar-refractivity contribution in [1.29, 1.82) is 0 Å². The van der Waals surface area contributed by atoms with Crippen molar-refractivity contribution in [3.63, 3.8) is 0 Å². The molecule has 3 heteroatoms. The highest BCUT2D eigenvalue weighted by Crippen LogP contribution is 2.15. The van der Waals surface area contributed by atoms with Gasteiger partial charge in [0.25, 0.3) is 0 Å². The van der Waals surface area contributed by atoms with Crippen LogP contribution in [-0.2, 0) is 6.42 Å². The van der Waals surface area contributed by atoms with E-state index in [0.717, 1.165) is 24.2 Å². The van der Waals surface area contributed by atoms with E-state index in [4.69, 9.17) is 4.74 Å². The number of ether oxygens (including phenoxy) is 1. The first-order valence-corrected chi connectivity index (χ1v) is 9.32. The minimum Gasteiger partial charge on any atom is -0.491 e. The molecule has 2 aromatic carbocycles. The molecule has 0 amide bonds. The van der Waals surface area contributed by atoms with Gasteiger partial charge in [-0.2, -0.15) is 0 Å². The maximum Gasteiger partial charge on any atom is 0.119 e. The van der Waals surface area contributed by atoms with Crippen molar-refractivity contribution in [1.82, 2.24) is 4.98 Å². The molecule has 3 rings (SSSR count). The fraction of sp³-hybridized carbons (Fsp3) is 0.208. The normalized spacial score (nSPS) is 12.2. The molecule has 0 radical (unpaired) electrons. The summed E-state index contributed by atoms with van der Waals surface area (Å²) in [5, 5.41) is 10.1. The first kappa shape index (κ1) is 18.9. The minimum absolute atomic E-state index is 0.312. The number of aliphatic hydroxyl groups excluding tert-OH is 1. The fourth-order valence-electron chi connectivity index (χ4n) is 2.80. The second-order valence-corrected chi connectivity index (χ2v) is 6.53. The average Bonchev–Trinajstić information content (AvgIpc) is 2.73. The summed E-state index contributed by atoms with van der Waals surface area (Å²) in [7, 11) is 0. The lowest BCUT2D eigenvalue weighted by Gasteiger charge is -2.12. The molecule has 138 valence electrons. The number of hydrogen-bond acceptors (Lipinski definition) is 3. The Hall–Kier alpha value is -2.91. The zero-order valence-corrected chi connectivity index (χ0v) is 15.4. The molecule has 3 aromatic rings. The molecule has 0 aliphatic rings. The quantitative estimate of drug-likeness (QED) is 0.546. The maximum atomic E-state index is 10.1. The first-order valence-electron chi connectivity index (χ1n) is 9.32. The molecular formula is C24H25NO2. The van der Waals surface area contributed by atoms with Crippen LogP contribution in [0.5, 0.6) is 5.75 Å². The topological polar surface area (TPSA) is 42.4 Å². The molecule has 0 bridgehead atoms. The Morgan fingerprint density at radius 1 is 0.889 bits per heavy atom. The third-order valence-electron chi connectivity index (χ3n) is 4.32. The van der Waals surface area contributed by atoms with Gasteiger partial charge in [-0.1, -0.05) is 60.7 Å². The van der Waals surface area contributed by atoms with Crippen molar-refractivity contribution in [3.05, 3.63) is 95.8 Å². The van der Waals surface area contributed by atoms with E-state index in [1.165, 1.54) is 11.1 Å². The smallest absolute Gasteiger partial charge is 0.119 e. The number of aryl methyl sites for hydroxylation is 1. The molecule has 0 aliphatic heterocycles. The van der Waals surface area contributed by atoms with Crippen molar-refractivity contribution in [2.24, 2.45) is 0 Å². The van der Waals surface area contributed by atoms with E-state index in [-0.39, 0.29) is 0 Å². The van der Waals surface area contributed by atoms with Gasteiger partial charge in [0.1, 0.15) is 12.4 Å². The molecule has 1 atom stereocenters. The molecule has 0 saturated carbocycles. The van der Waals surface area contributed by atoms with Crippen LogP contribution in [0.1, 0.15) is 29.5 Å². The summed E-state index contributed by atoms with van der Waals surface area (Å²) in [6.07, 6.45) is 9.90. The lowest BCUT2D eigenvalue weighted by atomic mass is 10.1. The van der Waals surface area contributed by atoms with Gasteiger partial charge >= 0.3 is 0 Å². The van der Waals surface area contributed by atoms with Gasteiger partial charge in [-0.15, -0.1) is 0 Å². The Morgan fingerprint density at radius 2 is 1.63 bits per heavy atom. The standard InChI is InChI=1S/C24H25NO2/c26-23(10-4-8-22-9-5-17-25-18-22)19-27-24-15-13-21(14-16-24)12-11-20-6-2-1-3-7-20/h1-3,5-7,9,11-18,23,26H,4,8,10,19H2. The van der Waals surface area contributed by atoms with Gasteiger partial charge in [-0.3, -0.25) is 4.98 Å². The summed E-state index contributed by atoms with van der Waals surface area (Å²) in [4.78, 5) is 4.10. The van der Waals surface area contributed by atoms with E-state index < -0.39 is 6.10 Å². The number of rotatable bonds is 9. The number of hydrogen-bond donors (Lipinski definition) is 1. The monoisotopic (exact) mass is 359 g/mol. The summed E-state index contributed by atoms with van der Waals surface area (Å²) in [5.41, 5.74) is 3.49. The molecule has 1 aromatic heterocycles. The lowest BCUT2D eigenvalue weighted by Crippen LogP contribution is -2.17. The zero-order chi connectivity index (χ0) is 18.7. The van der Waals surface area contributed by atoms with Gasteiger partial charge < -0.3 is 9.84 Å². The summed E-state index contributed by atoms with van der Waals surface area (Å²) < 4.78 is 5.70. The zero-order valence-electron chi connectivity index (χ0n) is 15.4. The molecule has 0 aliphatic carbocycles. The number of benzene rings is 2. The number of aromatic nitrogens is 1. The number of nitrogens with zero attached hydrogens (tertiary/aromatic N) is 1. The molecule has 1 unspecified atom stereocenters. The van der Waals surface area contributed by atoms with Crippen LogP contribution in [0, 0.1) is 0 Å². The number of pyridine rings is 1. The van der Waals surface area contributed by atoms with Gasteiger partial charge in [-0.25, -0.2) is 0 Å². The Morgan fingerprint density at radius 3 is 2.33 bits per heavy atom. The highest BCUT2D eigenvalue weighted by atomic mass is 16.5. The van der Waals surface area contributed by atoms with E-state index in [0.29, 0.717) is 13.0 Å². The highest BCUT2D eigenvalue weighted by molar-refractivity contribution is 5.69. The van der Waals surface area contributed by atoms with Crippen LogP contribution >= 0.6 is 0 Å². The van der Waals surface area contributed by atoms with E-state index in [2.05, 4.69) is 35.3 Å². The third-order valence-corrected chi connectivity index (χ3v) is 4.32. The molecule has 0 fully saturated rings. The predicted octanol–water partition coefficient (Wildman–Crippen LogP) is 5.01. The third kappa shape index (κ3) is 6.72. The molecular weight excluding hydrogens is 334 g/mol. The summed E-state index contributed by atoms with van der Waals surface area (Å²) >= 11 is 0. The van der Waals surface area contributed by atoms with Crippen LogP contribution in [0.3, 0.4) is 0 Å². The summed E-state index contributed by atoms with van der Waals surface area (Å²) in [6.45, 7) is 0.312. The predicted molar refractivity (Wildman–Crippen MR) is 110 cm³/mol. The summed E-state index contributed by atoms with van der Waals surface area (Å²) in [5.74, 6) is 0.776. The first-order chi connectivity index (χ1) is 13.3. The van der Waals surface area contributed by atoms with Gasteiger partial charge in [0.2, 0.25) is 0 Å². The molecule has 0 saturated heterocycles. The Balaban J connectivity index is 1.39. The van der Waals surface area contributed by atoms with Crippen LogP contribution in [-0.4, -0.2) is 22.8 Å². The lowest BCUT2D eigenvalue weighted by molar-refractivity contribution is 0.0982. The van der Waals surface area contributed by atoms with E-state index in [1.807, 2.05) is 54.7 Å². The average molecular weight is 359 g/mol. The van der Waals surface area contributed by atoms with Crippen LogP contribution in [0.25, 0.3) is 12.2 Å². The van der Waals surface area contributed by atoms with Crippen molar-refractivity contribution >= 4 is 12.2 Å². The van der Waals surface area contributed by atoms with Crippen molar-refractivity contribution in [2.75, 3.05) is 6.61 Å². The van der Waals surface area contributed by atoms with Crippen LogP contribution in [0.2, 0.25) is 0 Å². The minimum atomic E-state index is -0.459. The van der Waals surface area contributed by atoms with E-state index in [1.54, 1.807) is 6.20 Å². The van der Waals surface area contributed by atoms with Gasteiger partial charge in [0.05, 0.1) is 6.10 Å². The fourth-order valence-corrected chi connectivity index (χ4v) is 2.80. The Kier molecular flexibility index (Phi) is 7.19. The summed E-state index contributed by atoms with van der Waals surface area (Å²) in [6, 6.07) is 22.1. The maximum absolute atomic E-state index is 10.1. The van der Waals surface area contributed by atoms with Crippen molar-refractivity contribution < 1.29 is 9.84 Å². The van der Waals surface area contributed by atoms with Gasteiger partial charge in [0, 0.05) is 12.4 Å². The molecule has 1 heterocycles. The van der Waals surface area contributed by atoms with Gasteiger partial charge in [0.15, 0.2) is 0 Å². The Labute approximate surface area is 161 Å². The molecule has 1 N–H and O–H groups in total.